The molecule has 1 fully saturated rings. The molecule has 1 aliphatic carbocycles. The molecular weight excluding hydrogens is 228 g/mol. The van der Waals surface area contributed by atoms with Crippen LogP contribution >= 0.6 is 0 Å². The number of nitrogens with one attached hydrogen (secondary N) is 1. The first kappa shape index (κ1) is 12.7. The van der Waals surface area contributed by atoms with Gasteiger partial charge in [0.25, 0.3) is 0 Å². The zero-order chi connectivity index (χ0) is 13.1. The van der Waals surface area contributed by atoms with Crippen molar-refractivity contribution < 1.29 is 9.90 Å². The van der Waals surface area contributed by atoms with Gasteiger partial charge in [0.2, 0.25) is 0 Å². The molecule has 1 aliphatic rings. The van der Waals surface area contributed by atoms with Crippen LogP contribution in [0.3, 0.4) is 0 Å². The summed E-state index contributed by atoms with van der Waals surface area (Å²) in [6, 6.07) is 5.54. The Morgan fingerprint density at radius 3 is 2.56 bits per heavy atom. The smallest absolute Gasteiger partial charge is 0.337 e. The van der Waals surface area contributed by atoms with Crippen molar-refractivity contribution in [1.29, 1.82) is 0 Å². The molecule has 18 heavy (non-hydrogen) atoms. The van der Waals surface area contributed by atoms with Crippen molar-refractivity contribution in [2.75, 3.05) is 11.1 Å². The monoisotopic (exact) mass is 248 g/mol. The Labute approximate surface area is 107 Å². The molecule has 0 aliphatic heterocycles. The number of benzene rings is 1. The lowest BCUT2D eigenvalue weighted by atomic mass is 9.87. The van der Waals surface area contributed by atoms with Crippen LogP contribution in [0.15, 0.2) is 18.2 Å². The van der Waals surface area contributed by atoms with E-state index in [0.717, 1.165) is 11.6 Å². The number of carboxylic acid groups (broad SMARTS) is 1. The zero-order valence-corrected chi connectivity index (χ0v) is 10.6. The van der Waals surface area contributed by atoms with Gasteiger partial charge in [0, 0.05) is 17.4 Å². The fraction of sp³-hybridized carbons (Fsp3) is 0.500. The van der Waals surface area contributed by atoms with Crippen molar-refractivity contribution in [3.63, 3.8) is 0 Å². The number of hydrogen-bond acceptors (Lipinski definition) is 3. The van der Waals surface area contributed by atoms with E-state index in [2.05, 4.69) is 12.2 Å². The number of aromatic carboxylic acids is 1. The molecule has 0 saturated heterocycles. The quantitative estimate of drug-likeness (QED) is 0.719. The third kappa shape index (κ3) is 2.94. The largest absolute Gasteiger partial charge is 0.478 e. The van der Waals surface area contributed by atoms with Gasteiger partial charge in [-0.2, -0.15) is 0 Å². The fourth-order valence-corrected chi connectivity index (χ4v) is 2.49. The third-order valence-electron chi connectivity index (χ3n) is 3.67. The Bertz CT molecular complexity index is 437. The molecule has 0 amide bonds. The Balaban J connectivity index is 2.02. The van der Waals surface area contributed by atoms with Gasteiger partial charge < -0.3 is 16.2 Å². The standard InChI is InChI=1S/C14H20N2O2/c1-9-2-4-10(5-3-9)16-11-6-7-12(14(17)18)13(15)8-11/h6-10,16H,2-5,15H2,1H3,(H,17,18). The first-order chi connectivity index (χ1) is 8.56. The highest BCUT2D eigenvalue weighted by Gasteiger charge is 2.18. The van der Waals surface area contributed by atoms with Crippen molar-refractivity contribution >= 4 is 17.3 Å². The maximum Gasteiger partial charge on any atom is 0.337 e. The van der Waals surface area contributed by atoms with Crippen LogP contribution in [-0.4, -0.2) is 17.1 Å². The normalized spacial score (nSPS) is 23.6. The molecule has 1 aromatic carbocycles. The van der Waals surface area contributed by atoms with Crippen LogP contribution in [-0.2, 0) is 0 Å². The first-order valence-corrected chi connectivity index (χ1v) is 6.45. The predicted molar refractivity (Wildman–Crippen MR) is 72.9 cm³/mol. The van der Waals surface area contributed by atoms with Crippen LogP contribution < -0.4 is 11.1 Å². The van der Waals surface area contributed by atoms with Gasteiger partial charge in [0.15, 0.2) is 0 Å². The molecule has 1 saturated carbocycles. The SMILES string of the molecule is CC1CCC(Nc2ccc(C(=O)O)c(N)c2)CC1. The Kier molecular flexibility index (Phi) is 3.75. The summed E-state index contributed by atoms with van der Waals surface area (Å²) < 4.78 is 0. The molecule has 1 aromatic rings. The van der Waals surface area contributed by atoms with Crippen LogP contribution in [0.25, 0.3) is 0 Å². The van der Waals surface area contributed by atoms with Crippen LogP contribution in [0.4, 0.5) is 11.4 Å². The summed E-state index contributed by atoms with van der Waals surface area (Å²) in [5.41, 5.74) is 7.12. The van der Waals surface area contributed by atoms with E-state index in [0.29, 0.717) is 11.7 Å². The average Bonchev–Trinajstić information content (AvgIpc) is 2.32. The third-order valence-corrected chi connectivity index (χ3v) is 3.67. The van der Waals surface area contributed by atoms with E-state index in [-0.39, 0.29) is 5.56 Å². The van der Waals surface area contributed by atoms with E-state index in [4.69, 9.17) is 10.8 Å². The van der Waals surface area contributed by atoms with E-state index >= 15 is 0 Å². The Morgan fingerprint density at radius 2 is 2.00 bits per heavy atom. The molecule has 0 aromatic heterocycles. The Morgan fingerprint density at radius 1 is 1.33 bits per heavy atom. The molecule has 0 spiro atoms. The highest BCUT2D eigenvalue weighted by molar-refractivity contribution is 5.94. The molecule has 4 N–H and O–H groups in total. The van der Waals surface area contributed by atoms with E-state index in [1.54, 1.807) is 18.2 Å². The molecule has 0 atom stereocenters. The molecule has 0 unspecified atom stereocenters. The summed E-state index contributed by atoms with van der Waals surface area (Å²) in [5.74, 6) is -0.159. The van der Waals surface area contributed by atoms with E-state index in [9.17, 15) is 4.79 Å². The van der Waals surface area contributed by atoms with Crippen molar-refractivity contribution in [3.05, 3.63) is 23.8 Å². The van der Waals surface area contributed by atoms with E-state index in [1.807, 2.05) is 0 Å². The van der Waals surface area contributed by atoms with Gasteiger partial charge in [0.1, 0.15) is 0 Å². The minimum Gasteiger partial charge on any atom is -0.478 e. The molecule has 0 bridgehead atoms. The minimum atomic E-state index is -0.981. The predicted octanol–water partition coefficient (Wildman–Crippen LogP) is 2.96. The molecule has 98 valence electrons. The minimum absolute atomic E-state index is 0.165. The van der Waals surface area contributed by atoms with Crippen LogP contribution in [0, 0.1) is 5.92 Å². The zero-order valence-electron chi connectivity index (χ0n) is 10.6. The summed E-state index contributed by atoms with van der Waals surface area (Å²) >= 11 is 0. The summed E-state index contributed by atoms with van der Waals surface area (Å²) in [6.07, 6.45) is 4.84. The number of carboxylic acids is 1. The topological polar surface area (TPSA) is 75.3 Å². The number of carbonyl (C=O) groups is 1. The highest BCUT2D eigenvalue weighted by Crippen LogP contribution is 2.27. The number of nitrogens with two attached hydrogens (primary N) is 1. The van der Waals surface area contributed by atoms with E-state index in [1.165, 1.54) is 25.7 Å². The van der Waals surface area contributed by atoms with Crippen LogP contribution in [0.2, 0.25) is 0 Å². The average molecular weight is 248 g/mol. The number of rotatable bonds is 3. The molecule has 4 nitrogen and oxygen atoms in total. The molecule has 2 rings (SSSR count). The molecule has 0 radical (unpaired) electrons. The number of anilines is 2. The van der Waals surface area contributed by atoms with Crippen LogP contribution in [0.1, 0.15) is 43.0 Å². The second kappa shape index (κ2) is 5.29. The van der Waals surface area contributed by atoms with Gasteiger partial charge in [-0.1, -0.05) is 6.92 Å². The second-order valence-corrected chi connectivity index (χ2v) is 5.21. The summed E-state index contributed by atoms with van der Waals surface area (Å²) in [4.78, 5) is 10.9. The lowest BCUT2D eigenvalue weighted by Crippen LogP contribution is -2.25. The molecular formula is C14H20N2O2. The van der Waals surface area contributed by atoms with Gasteiger partial charge in [0.05, 0.1) is 5.56 Å². The van der Waals surface area contributed by atoms with Crippen molar-refractivity contribution in [1.82, 2.24) is 0 Å². The Hall–Kier alpha value is -1.71. The van der Waals surface area contributed by atoms with Gasteiger partial charge in [-0.25, -0.2) is 4.79 Å². The van der Waals surface area contributed by atoms with Crippen molar-refractivity contribution in [2.24, 2.45) is 5.92 Å². The highest BCUT2D eigenvalue weighted by atomic mass is 16.4. The van der Waals surface area contributed by atoms with Gasteiger partial charge in [-0.05, 0) is 49.8 Å². The number of nitrogen functional groups attached to an aromatic ring is 1. The first-order valence-electron chi connectivity index (χ1n) is 6.45. The lowest BCUT2D eigenvalue weighted by molar-refractivity contribution is 0.0698. The van der Waals surface area contributed by atoms with Gasteiger partial charge >= 0.3 is 5.97 Å². The lowest BCUT2D eigenvalue weighted by Gasteiger charge is -2.27. The van der Waals surface area contributed by atoms with E-state index < -0.39 is 5.97 Å². The van der Waals surface area contributed by atoms with Gasteiger partial charge in [-0.3, -0.25) is 0 Å². The number of hydrogen-bond donors (Lipinski definition) is 3. The maximum absolute atomic E-state index is 10.9. The fourth-order valence-electron chi connectivity index (χ4n) is 2.49. The van der Waals surface area contributed by atoms with Crippen LogP contribution in [0.5, 0.6) is 0 Å². The maximum atomic E-state index is 10.9. The van der Waals surface area contributed by atoms with Crippen molar-refractivity contribution in [2.45, 2.75) is 38.6 Å². The van der Waals surface area contributed by atoms with Crippen molar-refractivity contribution in [3.8, 4) is 0 Å². The second-order valence-electron chi connectivity index (χ2n) is 5.21. The molecule has 4 heteroatoms. The summed E-state index contributed by atoms with van der Waals surface area (Å²) in [5, 5.41) is 12.3. The molecule has 0 heterocycles. The summed E-state index contributed by atoms with van der Waals surface area (Å²) in [7, 11) is 0. The van der Waals surface area contributed by atoms with Gasteiger partial charge in [-0.15, -0.1) is 0 Å². The summed E-state index contributed by atoms with van der Waals surface area (Å²) in [6.45, 7) is 2.29.